The van der Waals surface area contributed by atoms with Crippen molar-refractivity contribution < 1.29 is 0 Å². The summed E-state index contributed by atoms with van der Waals surface area (Å²) in [7, 11) is 0. The highest BCUT2D eigenvalue weighted by molar-refractivity contribution is 6.51. The first kappa shape index (κ1) is 10.8. The fourth-order valence-electron chi connectivity index (χ4n) is 4.67. The van der Waals surface area contributed by atoms with Crippen molar-refractivity contribution in [2.75, 3.05) is 0 Å². The lowest BCUT2D eigenvalue weighted by atomic mass is 9.86. The summed E-state index contributed by atoms with van der Waals surface area (Å²) in [6, 6.07) is 0. The van der Waals surface area contributed by atoms with Gasteiger partial charge in [0.15, 0.2) is 0 Å². The van der Waals surface area contributed by atoms with Crippen LogP contribution in [0.4, 0.5) is 0 Å². The second-order valence-corrected chi connectivity index (χ2v) is 8.15. The number of alkyl halides is 3. The van der Waals surface area contributed by atoms with Gasteiger partial charge in [-0.2, -0.15) is 0 Å². The van der Waals surface area contributed by atoms with Crippen molar-refractivity contribution in [2.45, 2.75) is 22.6 Å². The molecule has 0 aromatic rings. The van der Waals surface area contributed by atoms with E-state index in [9.17, 15) is 0 Å². The molecule has 4 aliphatic carbocycles. The van der Waals surface area contributed by atoms with Crippen molar-refractivity contribution in [1.82, 2.24) is 0 Å². The first-order valence-corrected chi connectivity index (χ1v) is 7.48. The van der Waals surface area contributed by atoms with E-state index in [1.807, 2.05) is 0 Å². The number of fused-ring (bicyclic) bond motifs is 7. The Morgan fingerprint density at radius 2 is 1.94 bits per heavy atom. The molecule has 0 saturated heterocycles. The van der Waals surface area contributed by atoms with Crippen LogP contribution in [-0.4, -0.2) is 9.71 Å². The topological polar surface area (TPSA) is 0 Å². The molecule has 2 bridgehead atoms. The van der Waals surface area contributed by atoms with Gasteiger partial charge >= 0.3 is 0 Å². The van der Waals surface area contributed by atoms with E-state index in [4.69, 9.17) is 46.4 Å². The van der Waals surface area contributed by atoms with Gasteiger partial charge in [0.05, 0.1) is 5.38 Å². The fraction of sp³-hybridized carbons (Fsp3) is 0.833. The van der Waals surface area contributed by atoms with Crippen LogP contribution < -0.4 is 0 Å². The lowest BCUT2D eigenvalue weighted by Crippen LogP contribution is -2.23. The van der Waals surface area contributed by atoms with Gasteiger partial charge in [-0.3, -0.25) is 0 Å². The van der Waals surface area contributed by atoms with Crippen LogP contribution in [-0.2, 0) is 0 Å². The second kappa shape index (κ2) is 3.07. The largest absolute Gasteiger partial charge is 0.125 e. The molecule has 0 amide bonds. The summed E-state index contributed by atoms with van der Waals surface area (Å²) in [6.07, 6.45) is 4.52. The van der Waals surface area contributed by atoms with E-state index >= 15 is 0 Å². The van der Waals surface area contributed by atoms with Crippen LogP contribution in [0, 0.1) is 35.5 Å². The summed E-state index contributed by atoms with van der Waals surface area (Å²) in [4.78, 5) is 0. The van der Waals surface area contributed by atoms with E-state index in [-0.39, 0.29) is 5.38 Å². The van der Waals surface area contributed by atoms with Gasteiger partial charge in [-0.15, -0.1) is 34.8 Å². The third-order valence-corrected chi connectivity index (χ3v) is 7.40. The molecular weight excluding hydrogens is 286 g/mol. The lowest BCUT2D eigenvalue weighted by molar-refractivity contribution is 0.309. The Kier molecular flexibility index (Phi) is 2.07. The molecule has 88 valence electrons. The summed E-state index contributed by atoms with van der Waals surface area (Å²) in [6.45, 7) is 0. The zero-order valence-electron chi connectivity index (χ0n) is 8.54. The van der Waals surface area contributed by atoms with E-state index in [2.05, 4.69) is 6.08 Å². The van der Waals surface area contributed by atoms with Gasteiger partial charge in [0.25, 0.3) is 0 Å². The highest BCUT2D eigenvalue weighted by atomic mass is 35.5. The third-order valence-electron chi connectivity index (χ3n) is 5.30. The van der Waals surface area contributed by atoms with Crippen molar-refractivity contribution in [2.24, 2.45) is 35.5 Å². The third kappa shape index (κ3) is 1.11. The molecule has 0 heterocycles. The summed E-state index contributed by atoms with van der Waals surface area (Å²) in [5.41, 5.74) is 0. The Bertz CT molecular complexity index is 388. The Morgan fingerprint density at radius 1 is 1.19 bits per heavy atom. The zero-order chi connectivity index (χ0) is 11.2. The Hall–Kier alpha value is 0.900. The number of allylic oxidation sites excluding steroid dienone is 2. The normalized spacial score (nSPS) is 60.2. The zero-order valence-corrected chi connectivity index (χ0v) is 11.6. The van der Waals surface area contributed by atoms with Gasteiger partial charge in [0, 0.05) is 11.0 Å². The molecule has 0 nitrogen and oxygen atoms in total. The fourth-order valence-corrected chi connectivity index (χ4v) is 6.27. The average Bonchev–Trinajstić information content (AvgIpc) is 2.63. The smallest absolute Gasteiger partial charge is 0.117 e. The Labute approximate surface area is 115 Å². The lowest BCUT2D eigenvalue weighted by Gasteiger charge is -2.25. The maximum absolute atomic E-state index is 6.39. The van der Waals surface area contributed by atoms with E-state index in [0.29, 0.717) is 35.5 Å². The highest BCUT2D eigenvalue weighted by Crippen LogP contribution is 2.76. The first-order valence-electron chi connectivity index (χ1n) is 5.91. The molecule has 3 fully saturated rings. The minimum Gasteiger partial charge on any atom is -0.117 e. The summed E-state index contributed by atoms with van der Waals surface area (Å²) < 4.78 is -0.444. The minimum absolute atomic E-state index is 0.0328. The predicted octanol–water partition coefficient (Wildman–Crippen LogP) is 4.42. The molecule has 3 saturated carbocycles. The van der Waals surface area contributed by atoms with Crippen LogP contribution in [0.5, 0.6) is 0 Å². The standard InChI is InChI=1S/C12H12Cl4/c13-8-2-4-1-6(11(8)14)5-3-7-10(9(4)5)12(7,15)16/h2,4-7,9-11H,1,3H2. The molecule has 0 radical (unpaired) electrons. The Balaban J connectivity index is 1.72. The molecule has 0 aromatic carbocycles. The highest BCUT2D eigenvalue weighted by Gasteiger charge is 2.75. The van der Waals surface area contributed by atoms with Crippen molar-refractivity contribution in [3.8, 4) is 0 Å². The molecule has 7 atom stereocenters. The molecular formula is C12H12Cl4. The van der Waals surface area contributed by atoms with E-state index in [0.717, 1.165) is 11.5 Å². The second-order valence-electron chi connectivity index (χ2n) is 5.80. The van der Waals surface area contributed by atoms with E-state index in [1.54, 1.807) is 0 Å². The van der Waals surface area contributed by atoms with Crippen LogP contribution >= 0.6 is 46.4 Å². The molecule has 16 heavy (non-hydrogen) atoms. The van der Waals surface area contributed by atoms with Gasteiger partial charge in [0.2, 0.25) is 0 Å². The summed E-state index contributed by atoms with van der Waals surface area (Å²) in [5, 5.41) is 0.884. The van der Waals surface area contributed by atoms with Crippen molar-refractivity contribution in [1.29, 1.82) is 0 Å². The Morgan fingerprint density at radius 3 is 2.69 bits per heavy atom. The van der Waals surface area contributed by atoms with Crippen LogP contribution in [0.1, 0.15) is 12.8 Å². The number of hydrogen-bond donors (Lipinski definition) is 0. The van der Waals surface area contributed by atoms with Crippen molar-refractivity contribution in [3.05, 3.63) is 11.1 Å². The van der Waals surface area contributed by atoms with Gasteiger partial charge in [-0.25, -0.2) is 0 Å². The molecule has 0 aromatic heterocycles. The quantitative estimate of drug-likeness (QED) is 0.581. The molecule has 0 N–H and O–H groups in total. The number of rotatable bonds is 0. The monoisotopic (exact) mass is 296 g/mol. The van der Waals surface area contributed by atoms with Gasteiger partial charge in [-0.05, 0) is 42.4 Å². The minimum atomic E-state index is -0.444. The summed E-state index contributed by atoms with van der Waals surface area (Å²) in [5.74, 6) is 3.50. The van der Waals surface area contributed by atoms with Crippen LogP contribution in [0.25, 0.3) is 0 Å². The average molecular weight is 298 g/mol. The predicted molar refractivity (Wildman–Crippen MR) is 68.2 cm³/mol. The van der Waals surface area contributed by atoms with Crippen LogP contribution in [0.15, 0.2) is 11.1 Å². The number of hydrogen-bond acceptors (Lipinski definition) is 0. The molecule has 4 heteroatoms. The molecule has 4 rings (SSSR count). The maximum Gasteiger partial charge on any atom is 0.125 e. The van der Waals surface area contributed by atoms with Crippen molar-refractivity contribution in [3.63, 3.8) is 0 Å². The van der Waals surface area contributed by atoms with Crippen molar-refractivity contribution >= 4 is 46.4 Å². The van der Waals surface area contributed by atoms with Crippen LogP contribution in [0.3, 0.4) is 0 Å². The van der Waals surface area contributed by atoms with Gasteiger partial charge < -0.3 is 0 Å². The van der Waals surface area contributed by atoms with Crippen LogP contribution in [0.2, 0.25) is 0 Å². The SMILES string of the molecule is ClC1=CC2CC(C1Cl)C1CC3C(C21)C3(Cl)Cl. The molecule has 7 unspecified atom stereocenters. The molecule has 0 spiro atoms. The molecule has 0 aliphatic heterocycles. The number of halogens is 4. The van der Waals surface area contributed by atoms with E-state index in [1.165, 1.54) is 6.42 Å². The van der Waals surface area contributed by atoms with Gasteiger partial charge in [-0.1, -0.05) is 17.7 Å². The summed E-state index contributed by atoms with van der Waals surface area (Å²) >= 11 is 25.2. The first-order chi connectivity index (χ1) is 7.51. The molecule has 4 aliphatic rings. The maximum atomic E-state index is 6.39. The van der Waals surface area contributed by atoms with E-state index < -0.39 is 4.33 Å². The van der Waals surface area contributed by atoms with Gasteiger partial charge in [0.1, 0.15) is 4.33 Å².